The molecule has 0 amide bonds. The van der Waals surface area contributed by atoms with E-state index >= 15 is 0 Å². The summed E-state index contributed by atoms with van der Waals surface area (Å²) in [5.74, 6) is 1.72. The van der Waals surface area contributed by atoms with Crippen LogP contribution in [0.3, 0.4) is 0 Å². The Morgan fingerprint density at radius 1 is 1.25 bits per heavy atom. The third-order valence-corrected chi connectivity index (χ3v) is 4.18. The van der Waals surface area contributed by atoms with Gasteiger partial charge in [0, 0.05) is 24.2 Å². The zero-order chi connectivity index (χ0) is 16.2. The number of ether oxygens (including phenoxy) is 1. The van der Waals surface area contributed by atoms with Gasteiger partial charge in [-0.05, 0) is 23.8 Å². The van der Waals surface area contributed by atoms with Crippen molar-refractivity contribution in [3.63, 3.8) is 0 Å². The zero-order valence-corrected chi connectivity index (χ0v) is 16.8. The molecule has 1 aliphatic rings. The number of hydrogen-bond donors (Lipinski definition) is 1. The predicted molar refractivity (Wildman–Crippen MR) is 110 cm³/mol. The second-order valence-corrected chi connectivity index (χ2v) is 6.02. The molecule has 1 N–H and O–H groups in total. The van der Waals surface area contributed by atoms with Gasteiger partial charge >= 0.3 is 0 Å². The first-order valence-electron chi connectivity index (χ1n) is 7.57. The van der Waals surface area contributed by atoms with Crippen molar-refractivity contribution in [2.24, 2.45) is 4.99 Å². The van der Waals surface area contributed by atoms with E-state index in [1.54, 1.807) is 7.11 Å². The van der Waals surface area contributed by atoms with Crippen molar-refractivity contribution in [3.8, 4) is 5.75 Å². The van der Waals surface area contributed by atoms with Gasteiger partial charge in [0.15, 0.2) is 5.96 Å². The van der Waals surface area contributed by atoms with Crippen LogP contribution in [0.15, 0.2) is 53.5 Å². The maximum atomic E-state index is 6.10. The molecule has 1 atom stereocenters. The van der Waals surface area contributed by atoms with E-state index in [0.717, 1.165) is 23.8 Å². The number of benzene rings is 2. The SMILES string of the molecule is COc1ccc(Cl)cc1CN(C)C1=NCC(c2ccccc2)N1.I. The van der Waals surface area contributed by atoms with Crippen LogP contribution in [-0.4, -0.2) is 31.6 Å². The molecule has 1 aliphatic heterocycles. The van der Waals surface area contributed by atoms with E-state index in [-0.39, 0.29) is 30.0 Å². The van der Waals surface area contributed by atoms with E-state index in [9.17, 15) is 0 Å². The highest BCUT2D eigenvalue weighted by Crippen LogP contribution is 2.24. The lowest BCUT2D eigenvalue weighted by atomic mass is 10.1. The van der Waals surface area contributed by atoms with Crippen LogP contribution in [0.5, 0.6) is 5.75 Å². The molecule has 0 radical (unpaired) electrons. The van der Waals surface area contributed by atoms with Crippen molar-refractivity contribution in [2.45, 2.75) is 12.6 Å². The van der Waals surface area contributed by atoms with E-state index in [1.807, 2.05) is 31.3 Å². The Morgan fingerprint density at radius 3 is 2.71 bits per heavy atom. The van der Waals surface area contributed by atoms with Crippen molar-refractivity contribution in [1.82, 2.24) is 10.2 Å². The van der Waals surface area contributed by atoms with Crippen LogP contribution in [-0.2, 0) is 6.54 Å². The average Bonchev–Trinajstić information content (AvgIpc) is 3.06. The molecular weight excluding hydrogens is 437 g/mol. The van der Waals surface area contributed by atoms with Crippen LogP contribution in [0.1, 0.15) is 17.2 Å². The van der Waals surface area contributed by atoms with Gasteiger partial charge < -0.3 is 15.0 Å². The highest BCUT2D eigenvalue weighted by molar-refractivity contribution is 14.0. The van der Waals surface area contributed by atoms with Crippen molar-refractivity contribution >= 4 is 41.5 Å². The van der Waals surface area contributed by atoms with Crippen molar-refractivity contribution < 1.29 is 4.74 Å². The van der Waals surface area contributed by atoms with Crippen molar-refractivity contribution in [1.29, 1.82) is 0 Å². The Labute approximate surface area is 164 Å². The fourth-order valence-electron chi connectivity index (χ4n) is 2.73. The summed E-state index contributed by atoms with van der Waals surface area (Å²) < 4.78 is 5.41. The fraction of sp³-hybridized carbons (Fsp3) is 0.278. The number of nitrogens with one attached hydrogen (secondary N) is 1. The second kappa shape index (κ2) is 8.58. The van der Waals surface area contributed by atoms with Gasteiger partial charge in [-0.1, -0.05) is 41.9 Å². The molecule has 0 spiro atoms. The quantitative estimate of drug-likeness (QED) is 0.703. The van der Waals surface area contributed by atoms with Crippen LogP contribution in [0.2, 0.25) is 5.02 Å². The van der Waals surface area contributed by atoms with Crippen molar-refractivity contribution in [3.05, 3.63) is 64.7 Å². The summed E-state index contributed by atoms with van der Waals surface area (Å²) in [5.41, 5.74) is 2.29. The van der Waals surface area contributed by atoms with Gasteiger partial charge in [0.25, 0.3) is 0 Å². The Hall–Kier alpha value is -1.47. The summed E-state index contributed by atoms with van der Waals surface area (Å²) in [7, 11) is 3.68. The number of halogens is 2. The maximum absolute atomic E-state index is 6.10. The van der Waals surface area contributed by atoms with Gasteiger partial charge in [-0.25, -0.2) is 0 Å². The molecular formula is C18H21ClIN3O. The monoisotopic (exact) mass is 457 g/mol. The minimum absolute atomic E-state index is 0. The van der Waals surface area contributed by atoms with Crippen LogP contribution in [0.25, 0.3) is 0 Å². The number of guanidine groups is 1. The molecule has 0 fully saturated rings. The Kier molecular flexibility index (Phi) is 6.74. The number of aliphatic imine (C=N–C) groups is 1. The summed E-state index contributed by atoms with van der Waals surface area (Å²) in [5, 5.41) is 4.19. The molecule has 128 valence electrons. The fourth-order valence-corrected chi connectivity index (χ4v) is 2.93. The molecule has 0 saturated heterocycles. The summed E-state index contributed by atoms with van der Waals surface area (Å²) >= 11 is 6.10. The highest BCUT2D eigenvalue weighted by atomic mass is 127. The van der Waals surface area contributed by atoms with Crippen LogP contribution < -0.4 is 10.1 Å². The standard InChI is InChI=1S/C18H20ClN3O.HI/c1-22(12-14-10-15(19)8-9-17(14)23-2)18-20-11-16(21-18)13-6-4-3-5-7-13;/h3-10,16H,11-12H2,1-2H3,(H,20,21);1H. The third-order valence-electron chi connectivity index (χ3n) is 3.94. The minimum Gasteiger partial charge on any atom is -0.496 e. The molecule has 0 saturated carbocycles. The zero-order valence-electron chi connectivity index (χ0n) is 13.7. The van der Waals surface area contributed by atoms with E-state index in [1.165, 1.54) is 5.56 Å². The molecule has 6 heteroatoms. The molecule has 4 nitrogen and oxygen atoms in total. The molecule has 3 rings (SSSR count). The van der Waals surface area contributed by atoms with E-state index < -0.39 is 0 Å². The average molecular weight is 458 g/mol. The summed E-state index contributed by atoms with van der Waals surface area (Å²) in [6.45, 7) is 1.42. The summed E-state index contributed by atoms with van der Waals surface area (Å²) in [6, 6.07) is 16.3. The van der Waals surface area contributed by atoms with Gasteiger partial charge in [0.1, 0.15) is 5.75 Å². The van der Waals surface area contributed by atoms with E-state index in [4.69, 9.17) is 16.3 Å². The molecule has 0 bridgehead atoms. The lowest BCUT2D eigenvalue weighted by Crippen LogP contribution is -2.36. The molecule has 1 unspecified atom stereocenters. The van der Waals surface area contributed by atoms with Gasteiger partial charge in [0.05, 0.1) is 19.7 Å². The van der Waals surface area contributed by atoms with Gasteiger partial charge in [0.2, 0.25) is 0 Å². The molecule has 1 heterocycles. The summed E-state index contributed by atoms with van der Waals surface area (Å²) in [4.78, 5) is 6.71. The van der Waals surface area contributed by atoms with Crippen molar-refractivity contribution in [2.75, 3.05) is 20.7 Å². The largest absolute Gasteiger partial charge is 0.496 e. The number of nitrogens with zero attached hydrogens (tertiary/aromatic N) is 2. The topological polar surface area (TPSA) is 36.9 Å². The smallest absolute Gasteiger partial charge is 0.194 e. The molecule has 24 heavy (non-hydrogen) atoms. The van der Waals surface area contributed by atoms with E-state index in [0.29, 0.717) is 11.6 Å². The van der Waals surface area contributed by atoms with Crippen LogP contribution in [0, 0.1) is 0 Å². The molecule has 0 aliphatic carbocycles. The first kappa shape index (κ1) is 18.9. The first-order valence-corrected chi connectivity index (χ1v) is 7.94. The number of rotatable bonds is 4. The third kappa shape index (κ3) is 4.33. The van der Waals surface area contributed by atoms with E-state index in [2.05, 4.69) is 39.5 Å². The van der Waals surface area contributed by atoms with Gasteiger partial charge in [-0.3, -0.25) is 4.99 Å². The number of hydrogen-bond acceptors (Lipinski definition) is 4. The molecule has 2 aromatic rings. The predicted octanol–water partition coefficient (Wildman–Crippen LogP) is 4.10. The first-order chi connectivity index (χ1) is 11.2. The lowest BCUT2D eigenvalue weighted by molar-refractivity contribution is 0.396. The minimum atomic E-state index is 0. The lowest BCUT2D eigenvalue weighted by Gasteiger charge is -2.22. The molecule has 0 aromatic heterocycles. The van der Waals surface area contributed by atoms with Crippen LogP contribution >= 0.6 is 35.6 Å². The normalized spacial score (nSPS) is 16.0. The Balaban J connectivity index is 0.00000208. The second-order valence-electron chi connectivity index (χ2n) is 5.58. The highest BCUT2D eigenvalue weighted by Gasteiger charge is 2.22. The maximum Gasteiger partial charge on any atom is 0.194 e. The van der Waals surface area contributed by atoms with Gasteiger partial charge in [-0.15, -0.1) is 24.0 Å². The van der Waals surface area contributed by atoms with Gasteiger partial charge in [-0.2, -0.15) is 0 Å². The summed E-state index contributed by atoms with van der Waals surface area (Å²) in [6.07, 6.45) is 0. The molecule has 2 aromatic carbocycles. The Bertz CT molecular complexity index is 709. The van der Waals surface area contributed by atoms with Crippen LogP contribution in [0.4, 0.5) is 0 Å². The Morgan fingerprint density at radius 2 is 2.00 bits per heavy atom. The number of methoxy groups -OCH3 is 1.